The lowest BCUT2D eigenvalue weighted by atomic mass is 10.2. The summed E-state index contributed by atoms with van der Waals surface area (Å²) in [6, 6.07) is 0. The van der Waals surface area contributed by atoms with Gasteiger partial charge < -0.3 is 10.4 Å². The summed E-state index contributed by atoms with van der Waals surface area (Å²) >= 11 is 0. The van der Waals surface area contributed by atoms with E-state index in [1.807, 2.05) is 0 Å². The van der Waals surface area contributed by atoms with Gasteiger partial charge >= 0.3 is 5.97 Å². The molecule has 1 fully saturated rings. The largest absolute Gasteiger partial charge is 0.477 e. The van der Waals surface area contributed by atoms with E-state index in [-0.39, 0.29) is 0 Å². The number of aromatic nitrogens is 2. The van der Waals surface area contributed by atoms with Gasteiger partial charge in [-0.15, -0.1) is 0 Å². The molecule has 2 heterocycles. The Kier molecular flexibility index (Phi) is 3.21. The topological polar surface area (TPSA) is 70.4 Å². The van der Waals surface area contributed by atoms with Crippen LogP contribution in [0.4, 0.5) is 0 Å². The summed E-state index contributed by atoms with van der Waals surface area (Å²) in [5.41, 5.74) is 1.08. The molecule has 1 saturated heterocycles. The minimum absolute atomic E-state index is 0.290. The van der Waals surface area contributed by atoms with Crippen LogP contribution in [0.2, 0.25) is 0 Å². The van der Waals surface area contributed by atoms with Gasteiger partial charge in [-0.3, -0.25) is 9.58 Å². The number of nitrogens with zero attached hydrogens (tertiary/aromatic N) is 3. The molecule has 0 saturated carbocycles. The Morgan fingerprint density at radius 2 is 2.25 bits per heavy atom. The van der Waals surface area contributed by atoms with Crippen molar-refractivity contribution < 1.29 is 9.90 Å². The van der Waals surface area contributed by atoms with Crippen molar-refractivity contribution >= 4 is 5.97 Å². The van der Waals surface area contributed by atoms with Crippen LogP contribution in [0.3, 0.4) is 0 Å². The molecule has 0 radical (unpaired) electrons. The van der Waals surface area contributed by atoms with Crippen LogP contribution >= 0.6 is 0 Å². The second-order valence-electron chi connectivity index (χ2n) is 3.97. The molecule has 1 aromatic heterocycles. The molecular weight excluding hydrogens is 208 g/mol. The highest BCUT2D eigenvalue weighted by atomic mass is 16.4. The van der Waals surface area contributed by atoms with Crippen molar-refractivity contribution in [2.24, 2.45) is 7.05 Å². The number of hydrogen-bond donors (Lipinski definition) is 2. The summed E-state index contributed by atoms with van der Waals surface area (Å²) in [6.45, 7) is 4.49. The fraction of sp³-hybridized carbons (Fsp3) is 0.600. The lowest BCUT2D eigenvalue weighted by Gasteiger charge is -2.26. The van der Waals surface area contributed by atoms with Gasteiger partial charge in [-0.2, -0.15) is 5.10 Å². The van der Waals surface area contributed by atoms with Gasteiger partial charge in [-0.1, -0.05) is 0 Å². The molecule has 16 heavy (non-hydrogen) atoms. The molecule has 88 valence electrons. The molecule has 6 nitrogen and oxygen atoms in total. The Morgan fingerprint density at radius 3 is 2.88 bits per heavy atom. The molecule has 0 atom stereocenters. The highest BCUT2D eigenvalue weighted by Crippen LogP contribution is 2.11. The lowest BCUT2D eigenvalue weighted by molar-refractivity contribution is 0.0682. The SMILES string of the molecule is Cn1ncc(CN2CCNCC2)c1C(=O)O. The Labute approximate surface area is 93.9 Å². The molecule has 1 aliphatic rings. The molecule has 2 rings (SSSR count). The number of piperazine rings is 1. The van der Waals surface area contributed by atoms with E-state index in [1.54, 1.807) is 13.2 Å². The Hall–Kier alpha value is -1.40. The zero-order chi connectivity index (χ0) is 11.5. The Balaban J connectivity index is 2.11. The van der Waals surface area contributed by atoms with E-state index in [0.29, 0.717) is 12.2 Å². The molecule has 1 aromatic rings. The first-order chi connectivity index (χ1) is 7.68. The lowest BCUT2D eigenvalue weighted by Crippen LogP contribution is -2.43. The van der Waals surface area contributed by atoms with E-state index >= 15 is 0 Å². The third-order valence-electron chi connectivity index (χ3n) is 2.82. The van der Waals surface area contributed by atoms with Crippen molar-refractivity contribution in [1.82, 2.24) is 20.0 Å². The van der Waals surface area contributed by atoms with Crippen molar-refractivity contribution in [1.29, 1.82) is 0 Å². The summed E-state index contributed by atoms with van der Waals surface area (Å²) in [6.07, 6.45) is 1.64. The molecule has 0 spiro atoms. The van der Waals surface area contributed by atoms with Crippen molar-refractivity contribution in [3.8, 4) is 0 Å². The number of rotatable bonds is 3. The number of nitrogens with one attached hydrogen (secondary N) is 1. The first-order valence-electron chi connectivity index (χ1n) is 5.35. The molecule has 0 bridgehead atoms. The summed E-state index contributed by atoms with van der Waals surface area (Å²) in [4.78, 5) is 13.3. The third kappa shape index (κ3) is 2.23. The normalized spacial score (nSPS) is 17.6. The highest BCUT2D eigenvalue weighted by molar-refractivity contribution is 5.87. The Bertz CT molecular complexity index is 382. The second-order valence-corrected chi connectivity index (χ2v) is 3.97. The van der Waals surface area contributed by atoms with Crippen LogP contribution in [0.15, 0.2) is 6.20 Å². The molecule has 0 amide bonds. The van der Waals surface area contributed by atoms with Gasteiger partial charge in [0.05, 0.1) is 6.20 Å². The maximum Gasteiger partial charge on any atom is 0.354 e. The van der Waals surface area contributed by atoms with Crippen LogP contribution < -0.4 is 5.32 Å². The van der Waals surface area contributed by atoms with Crippen molar-refractivity contribution in [2.75, 3.05) is 26.2 Å². The zero-order valence-electron chi connectivity index (χ0n) is 9.31. The molecule has 0 unspecified atom stereocenters. The van der Waals surface area contributed by atoms with E-state index < -0.39 is 5.97 Å². The van der Waals surface area contributed by atoms with Gasteiger partial charge in [0, 0.05) is 45.3 Å². The van der Waals surface area contributed by atoms with Gasteiger partial charge in [0.25, 0.3) is 0 Å². The Morgan fingerprint density at radius 1 is 1.56 bits per heavy atom. The van der Waals surface area contributed by atoms with Gasteiger partial charge in [0.15, 0.2) is 5.69 Å². The van der Waals surface area contributed by atoms with Crippen LogP contribution in [0, 0.1) is 0 Å². The number of aryl methyl sites for hydroxylation is 1. The molecule has 2 N–H and O–H groups in total. The van der Waals surface area contributed by atoms with Crippen molar-refractivity contribution in [3.63, 3.8) is 0 Å². The van der Waals surface area contributed by atoms with Gasteiger partial charge in [-0.05, 0) is 0 Å². The minimum Gasteiger partial charge on any atom is -0.477 e. The maximum absolute atomic E-state index is 11.1. The fourth-order valence-electron chi connectivity index (χ4n) is 1.98. The average molecular weight is 224 g/mol. The standard InChI is InChI=1S/C10H16N4O2/c1-13-9(10(15)16)8(6-12-13)7-14-4-2-11-3-5-14/h6,11H,2-5,7H2,1H3,(H,15,16). The molecule has 6 heteroatoms. The average Bonchev–Trinajstić information content (AvgIpc) is 2.61. The fourth-order valence-corrected chi connectivity index (χ4v) is 1.98. The summed E-state index contributed by atoms with van der Waals surface area (Å²) in [5.74, 6) is -0.912. The highest BCUT2D eigenvalue weighted by Gasteiger charge is 2.18. The second kappa shape index (κ2) is 4.63. The van der Waals surface area contributed by atoms with Crippen LogP contribution in [0.1, 0.15) is 16.1 Å². The summed E-state index contributed by atoms with van der Waals surface area (Å²) < 4.78 is 1.42. The third-order valence-corrected chi connectivity index (χ3v) is 2.82. The predicted octanol–water partition coefficient (Wildman–Crippen LogP) is -0.476. The van der Waals surface area contributed by atoms with Gasteiger partial charge in [0.2, 0.25) is 0 Å². The van der Waals surface area contributed by atoms with E-state index in [0.717, 1.165) is 31.7 Å². The van der Waals surface area contributed by atoms with Crippen LogP contribution in [-0.2, 0) is 13.6 Å². The van der Waals surface area contributed by atoms with E-state index in [1.165, 1.54) is 4.68 Å². The van der Waals surface area contributed by atoms with Crippen molar-refractivity contribution in [3.05, 3.63) is 17.5 Å². The van der Waals surface area contributed by atoms with E-state index in [9.17, 15) is 4.79 Å². The van der Waals surface area contributed by atoms with Crippen LogP contribution in [0.25, 0.3) is 0 Å². The summed E-state index contributed by atoms with van der Waals surface area (Å²) in [7, 11) is 1.66. The van der Waals surface area contributed by atoms with Crippen LogP contribution in [-0.4, -0.2) is 51.9 Å². The van der Waals surface area contributed by atoms with E-state index in [2.05, 4.69) is 15.3 Å². The quantitative estimate of drug-likeness (QED) is 0.726. The van der Waals surface area contributed by atoms with Gasteiger partial charge in [0.1, 0.15) is 0 Å². The molecular formula is C10H16N4O2. The zero-order valence-corrected chi connectivity index (χ0v) is 9.31. The number of carboxylic acids is 1. The first-order valence-corrected chi connectivity index (χ1v) is 5.35. The molecule has 0 aromatic carbocycles. The summed E-state index contributed by atoms with van der Waals surface area (Å²) in [5, 5.41) is 16.3. The number of hydrogen-bond acceptors (Lipinski definition) is 4. The molecule has 0 aliphatic carbocycles. The number of carbonyl (C=O) groups is 1. The maximum atomic E-state index is 11.1. The van der Waals surface area contributed by atoms with Crippen LogP contribution in [0.5, 0.6) is 0 Å². The number of aromatic carboxylic acids is 1. The van der Waals surface area contributed by atoms with Gasteiger partial charge in [-0.25, -0.2) is 4.79 Å². The smallest absolute Gasteiger partial charge is 0.354 e. The number of carboxylic acid groups (broad SMARTS) is 1. The van der Waals surface area contributed by atoms with Crippen molar-refractivity contribution in [2.45, 2.75) is 6.54 Å². The van der Waals surface area contributed by atoms with E-state index in [4.69, 9.17) is 5.11 Å². The molecule has 1 aliphatic heterocycles. The monoisotopic (exact) mass is 224 g/mol. The predicted molar refractivity (Wildman–Crippen MR) is 58.3 cm³/mol. The minimum atomic E-state index is -0.912. The first kappa shape index (κ1) is 11.1.